The first kappa shape index (κ1) is 22.8. The SMILES string of the molecule is Cl.N#Cc1c(NC(=O)c2cc(OCCN=C(N)N)ccc2Cl)sc2c1CCCC2. The number of nitriles is 1. The number of rotatable bonds is 6. The van der Waals surface area contributed by atoms with Crippen LogP contribution in [0, 0.1) is 11.3 Å². The molecule has 0 spiro atoms. The number of benzene rings is 1. The molecule has 0 fully saturated rings. The lowest BCUT2D eigenvalue weighted by molar-refractivity contribution is 0.102. The zero-order valence-corrected chi connectivity index (χ0v) is 17.9. The van der Waals surface area contributed by atoms with E-state index in [0.29, 0.717) is 27.9 Å². The van der Waals surface area contributed by atoms with E-state index in [2.05, 4.69) is 16.4 Å². The van der Waals surface area contributed by atoms with Gasteiger partial charge in [-0.3, -0.25) is 9.79 Å². The van der Waals surface area contributed by atoms with Gasteiger partial charge >= 0.3 is 0 Å². The number of thiophene rings is 1. The summed E-state index contributed by atoms with van der Waals surface area (Å²) in [5.41, 5.74) is 12.4. The number of aryl methyl sites for hydroxylation is 1. The first-order valence-corrected chi connectivity index (χ1v) is 10.0. The van der Waals surface area contributed by atoms with Crippen molar-refractivity contribution in [3.8, 4) is 11.8 Å². The number of hydrogen-bond donors (Lipinski definition) is 3. The number of nitrogens with two attached hydrogens (primary N) is 2. The Morgan fingerprint density at radius 3 is 2.83 bits per heavy atom. The lowest BCUT2D eigenvalue weighted by Crippen LogP contribution is -2.23. The Morgan fingerprint density at radius 1 is 1.34 bits per heavy atom. The summed E-state index contributed by atoms with van der Waals surface area (Å²) < 4.78 is 5.56. The van der Waals surface area contributed by atoms with Gasteiger partial charge in [-0.15, -0.1) is 23.7 Å². The van der Waals surface area contributed by atoms with Crippen molar-refractivity contribution in [2.75, 3.05) is 18.5 Å². The summed E-state index contributed by atoms with van der Waals surface area (Å²) in [7, 11) is 0. The number of ether oxygens (including phenoxy) is 1. The van der Waals surface area contributed by atoms with Gasteiger partial charge in [-0.1, -0.05) is 11.6 Å². The molecule has 5 N–H and O–H groups in total. The zero-order chi connectivity index (χ0) is 20.1. The third-order valence-corrected chi connectivity index (χ3v) is 5.88. The Kier molecular flexibility index (Phi) is 8.14. The number of halogens is 2. The first-order valence-electron chi connectivity index (χ1n) is 8.83. The Balaban J connectivity index is 0.00000300. The van der Waals surface area contributed by atoms with Crippen LogP contribution >= 0.6 is 35.3 Å². The van der Waals surface area contributed by atoms with Crippen molar-refractivity contribution >= 4 is 52.2 Å². The highest BCUT2D eigenvalue weighted by atomic mass is 35.5. The van der Waals surface area contributed by atoms with Crippen LogP contribution in [0.1, 0.15) is 39.2 Å². The fraction of sp³-hybridized carbons (Fsp3) is 0.316. The van der Waals surface area contributed by atoms with Gasteiger partial charge in [-0.2, -0.15) is 5.26 Å². The van der Waals surface area contributed by atoms with Gasteiger partial charge in [0.15, 0.2) is 5.96 Å². The van der Waals surface area contributed by atoms with Crippen LogP contribution < -0.4 is 21.5 Å². The van der Waals surface area contributed by atoms with Crippen LogP contribution in [-0.4, -0.2) is 25.0 Å². The van der Waals surface area contributed by atoms with Crippen LogP contribution in [-0.2, 0) is 12.8 Å². The predicted molar refractivity (Wildman–Crippen MR) is 119 cm³/mol. The van der Waals surface area contributed by atoms with Crippen LogP contribution in [0.2, 0.25) is 5.02 Å². The van der Waals surface area contributed by atoms with Crippen LogP contribution in [0.3, 0.4) is 0 Å². The molecule has 7 nitrogen and oxygen atoms in total. The number of carbonyl (C=O) groups is 1. The smallest absolute Gasteiger partial charge is 0.257 e. The maximum atomic E-state index is 12.8. The summed E-state index contributed by atoms with van der Waals surface area (Å²) in [4.78, 5) is 17.8. The van der Waals surface area contributed by atoms with Gasteiger partial charge in [0.25, 0.3) is 5.91 Å². The molecule has 1 aliphatic carbocycles. The second-order valence-electron chi connectivity index (χ2n) is 6.28. The Labute approximate surface area is 184 Å². The minimum Gasteiger partial charge on any atom is -0.492 e. The molecule has 1 amide bonds. The molecule has 0 atom stereocenters. The number of hydrogen-bond acceptors (Lipinski definition) is 5. The monoisotopic (exact) mass is 453 g/mol. The molecule has 0 aliphatic heterocycles. The molecule has 1 aromatic heterocycles. The van der Waals surface area contributed by atoms with Crippen molar-refractivity contribution in [1.82, 2.24) is 0 Å². The molecule has 0 saturated carbocycles. The molecular weight excluding hydrogens is 433 g/mol. The number of anilines is 1. The fourth-order valence-corrected chi connectivity index (χ4v) is 4.49. The minimum absolute atomic E-state index is 0. The number of guanidine groups is 1. The molecule has 0 unspecified atom stereocenters. The Bertz CT molecular complexity index is 964. The topological polar surface area (TPSA) is 127 Å². The van der Waals surface area contributed by atoms with Gasteiger partial charge in [0.1, 0.15) is 23.4 Å². The fourth-order valence-electron chi connectivity index (χ4n) is 3.05. The molecule has 1 heterocycles. The molecule has 1 aliphatic rings. The van der Waals surface area contributed by atoms with Gasteiger partial charge in [0.05, 0.1) is 22.7 Å². The second kappa shape index (κ2) is 10.3. The lowest BCUT2D eigenvalue weighted by atomic mass is 9.96. The number of amides is 1. The molecule has 0 bridgehead atoms. The minimum atomic E-state index is -0.380. The van der Waals surface area contributed by atoms with Gasteiger partial charge in [0, 0.05) is 4.88 Å². The van der Waals surface area contributed by atoms with E-state index in [1.165, 1.54) is 16.2 Å². The number of nitrogens with zero attached hydrogens (tertiary/aromatic N) is 2. The van der Waals surface area contributed by atoms with Crippen LogP contribution in [0.25, 0.3) is 0 Å². The maximum absolute atomic E-state index is 12.8. The quantitative estimate of drug-likeness (QED) is 0.350. The largest absolute Gasteiger partial charge is 0.492 e. The summed E-state index contributed by atoms with van der Waals surface area (Å²) in [6.07, 6.45) is 4.00. The molecule has 1 aromatic carbocycles. The predicted octanol–water partition coefficient (Wildman–Crippen LogP) is 3.48. The van der Waals surface area contributed by atoms with E-state index in [1.54, 1.807) is 18.2 Å². The Hall–Kier alpha value is -2.47. The summed E-state index contributed by atoms with van der Waals surface area (Å²) >= 11 is 7.67. The van der Waals surface area contributed by atoms with Crippen molar-refractivity contribution in [2.45, 2.75) is 25.7 Å². The molecular formula is C19H21Cl2N5O2S. The standard InChI is InChI=1S/C19H20ClN5O2S.ClH/c20-15-6-5-11(27-8-7-24-19(22)23)9-13(15)17(26)25-18-14(10-21)12-3-1-2-4-16(12)28-18;/h5-6,9H,1-4,7-8H2,(H,25,26)(H4,22,23,24);1H. The van der Waals surface area contributed by atoms with Crippen LogP contribution in [0.15, 0.2) is 23.2 Å². The molecule has 10 heteroatoms. The van der Waals surface area contributed by atoms with Crippen molar-refractivity contribution in [3.63, 3.8) is 0 Å². The molecule has 3 rings (SSSR count). The summed E-state index contributed by atoms with van der Waals surface area (Å²) in [6, 6.07) is 7.06. The average Bonchev–Trinajstić information content (AvgIpc) is 3.03. The van der Waals surface area contributed by atoms with Crippen molar-refractivity contribution in [3.05, 3.63) is 44.8 Å². The van der Waals surface area contributed by atoms with E-state index in [9.17, 15) is 10.1 Å². The normalized spacial score (nSPS) is 12.1. The lowest BCUT2D eigenvalue weighted by Gasteiger charge is -2.10. The van der Waals surface area contributed by atoms with E-state index in [-0.39, 0.29) is 36.4 Å². The van der Waals surface area contributed by atoms with Crippen molar-refractivity contribution < 1.29 is 9.53 Å². The van der Waals surface area contributed by atoms with Crippen LogP contribution in [0.4, 0.5) is 5.00 Å². The molecule has 0 radical (unpaired) electrons. The third kappa shape index (κ3) is 5.54. The highest BCUT2D eigenvalue weighted by molar-refractivity contribution is 7.16. The summed E-state index contributed by atoms with van der Waals surface area (Å²) in [5.74, 6) is 0.0906. The first-order chi connectivity index (χ1) is 13.5. The van der Waals surface area contributed by atoms with E-state index in [0.717, 1.165) is 31.2 Å². The number of aliphatic imine (C=N–C) groups is 1. The number of nitrogens with one attached hydrogen (secondary N) is 1. The summed E-state index contributed by atoms with van der Waals surface area (Å²) in [6.45, 7) is 0.565. The highest BCUT2D eigenvalue weighted by Gasteiger charge is 2.23. The second-order valence-corrected chi connectivity index (χ2v) is 7.79. The van der Waals surface area contributed by atoms with Gasteiger partial charge in [-0.25, -0.2) is 0 Å². The molecule has 2 aromatic rings. The highest BCUT2D eigenvalue weighted by Crippen LogP contribution is 2.38. The van der Waals surface area contributed by atoms with E-state index in [4.69, 9.17) is 27.8 Å². The van der Waals surface area contributed by atoms with Crippen molar-refractivity contribution in [2.24, 2.45) is 16.5 Å². The molecule has 29 heavy (non-hydrogen) atoms. The van der Waals surface area contributed by atoms with Gasteiger partial charge in [0.2, 0.25) is 0 Å². The summed E-state index contributed by atoms with van der Waals surface area (Å²) in [5, 5.41) is 13.3. The average molecular weight is 454 g/mol. The number of carbonyl (C=O) groups excluding carboxylic acids is 1. The maximum Gasteiger partial charge on any atom is 0.257 e. The molecule has 154 valence electrons. The molecule has 0 saturated heterocycles. The van der Waals surface area contributed by atoms with E-state index in [1.807, 2.05) is 0 Å². The van der Waals surface area contributed by atoms with E-state index >= 15 is 0 Å². The van der Waals surface area contributed by atoms with Gasteiger partial charge < -0.3 is 21.5 Å². The van der Waals surface area contributed by atoms with E-state index < -0.39 is 0 Å². The number of fused-ring (bicyclic) bond motifs is 1. The zero-order valence-electron chi connectivity index (χ0n) is 15.5. The Morgan fingerprint density at radius 2 is 2.10 bits per heavy atom. The van der Waals surface area contributed by atoms with Crippen LogP contribution in [0.5, 0.6) is 5.75 Å². The third-order valence-electron chi connectivity index (χ3n) is 4.35. The van der Waals surface area contributed by atoms with Crippen molar-refractivity contribution in [1.29, 1.82) is 5.26 Å². The van der Waals surface area contributed by atoms with Gasteiger partial charge in [-0.05, 0) is 49.4 Å².